The monoisotopic (exact) mass is 678 g/mol. The van der Waals surface area contributed by atoms with Gasteiger partial charge in [0.15, 0.2) is 5.60 Å². The first-order valence-electron chi connectivity index (χ1n) is 17.3. The van der Waals surface area contributed by atoms with E-state index in [1.807, 2.05) is 0 Å². The summed E-state index contributed by atoms with van der Waals surface area (Å²) in [6, 6.07) is 0. The van der Waals surface area contributed by atoms with Crippen LogP contribution >= 0.6 is 0 Å². The fraction of sp³-hybridized carbons (Fsp3) is 0.676. The highest BCUT2D eigenvalue weighted by Gasteiger charge is 2.87. The Balaban J connectivity index is 1.31. The summed E-state index contributed by atoms with van der Waals surface area (Å²) < 4.78 is 23.3. The number of esters is 4. The minimum absolute atomic E-state index is 0.000602. The molecule has 262 valence electrons. The van der Waals surface area contributed by atoms with Crippen LogP contribution in [0.15, 0.2) is 45.1 Å². The first-order chi connectivity index (χ1) is 22.9. The van der Waals surface area contributed by atoms with E-state index in [0.717, 1.165) is 0 Å². The van der Waals surface area contributed by atoms with Gasteiger partial charge in [0.25, 0.3) is 5.79 Å². The molecule has 49 heavy (non-hydrogen) atoms. The number of aliphatic hydroxyl groups excluding tert-OH is 1. The summed E-state index contributed by atoms with van der Waals surface area (Å²) in [5.74, 6) is -7.23. The fourth-order valence-electron chi connectivity index (χ4n) is 12.6. The average Bonchev–Trinajstić information content (AvgIpc) is 3.95. The number of rotatable bonds is 5. The lowest BCUT2D eigenvalue weighted by molar-refractivity contribution is -0.244. The standard InChI is InChI=1S/C37H42O12/c1-7-14(2)28(39)47-13-35(44)22-8-19(22)32(5)23(35)10-18-17(12-46-16(4)38)30(41)48-36(18)24(32)11-34(43)21-9-20(21)33(6)27(34)26(36)25-15(3)29(40)49-37(25,45)31(33)42/h7,19-24,31,42-45H,8-13H2,1-6H3/t19-,20-,21+,22+,23-,24+,31-,32+,33+,34+,35+,36+,37+/m1/s1. The van der Waals surface area contributed by atoms with E-state index in [2.05, 4.69) is 6.92 Å². The molecule has 0 unspecified atom stereocenters. The molecule has 0 aromatic carbocycles. The lowest BCUT2D eigenvalue weighted by Crippen LogP contribution is -2.69. The summed E-state index contributed by atoms with van der Waals surface area (Å²) in [6.07, 6.45) is 1.49. The van der Waals surface area contributed by atoms with Crippen LogP contribution < -0.4 is 0 Å². The van der Waals surface area contributed by atoms with Crippen LogP contribution in [0, 0.1) is 46.3 Å². The van der Waals surface area contributed by atoms with Gasteiger partial charge >= 0.3 is 23.9 Å². The summed E-state index contributed by atoms with van der Waals surface area (Å²) in [4.78, 5) is 52.3. The van der Waals surface area contributed by atoms with Crippen LogP contribution in [0.5, 0.6) is 0 Å². The molecule has 2 heterocycles. The topological polar surface area (TPSA) is 186 Å². The molecule has 0 saturated heterocycles. The number of aliphatic hydroxyl groups is 4. The second-order valence-electron chi connectivity index (χ2n) is 16.6. The molecule has 0 aromatic heterocycles. The highest BCUT2D eigenvalue weighted by atomic mass is 16.7. The third kappa shape index (κ3) is 3.23. The van der Waals surface area contributed by atoms with Gasteiger partial charge in [0.2, 0.25) is 0 Å². The maximum Gasteiger partial charge on any atom is 0.338 e. The molecule has 0 radical (unpaired) electrons. The van der Waals surface area contributed by atoms with Gasteiger partial charge < -0.3 is 39.4 Å². The van der Waals surface area contributed by atoms with Crippen molar-refractivity contribution in [3.8, 4) is 0 Å². The summed E-state index contributed by atoms with van der Waals surface area (Å²) in [5, 5.41) is 49.9. The van der Waals surface area contributed by atoms with E-state index in [4.69, 9.17) is 18.9 Å². The van der Waals surface area contributed by atoms with E-state index in [0.29, 0.717) is 35.1 Å². The van der Waals surface area contributed by atoms with Gasteiger partial charge in [-0.05, 0) is 86.7 Å². The van der Waals surface area contributed by atoms with Crippen LogP contribution in [0.4, 0.5) is 0 Å². The molecule has 12 heteroatoms. The van der Waals surface area contributed by atoms with E-state index in [-0.39, 0.29) is 59.8 Å². The number of hydrogen-bond acceptors (Lipinski definition) is 12. The number of carbonyl (C=O) groups is 4. The lowest BCUT2D eigenvalue weighted by atomic mass is 9.42. The Hall–Kier alpha value is -3.32. The van der Waals surface area contributed by atoms with E-state index in [9.17, 15) is 39.6 Å². The number of carbonyl (C=O) groups excluding carboxylic acids is 4. The van der Waals surface area contributed by atoms with Crippen LogP contribution in [0.1, 0.15) is 67.2 Å². The Morgan fingerprint density at radius 3 is 2.31 bits per heavy atom. The molecule has 5 fully saturated rings. The molecule has 12 nitrogen and oxygen atoms in total. The highest BCUT2D eigenvalue weighted by Crippen LogP contribution is 2.84. The molecule has 4 N–H and O–H groups in total. The molecule has 9 rings (SSSR count). The molecule has 0 amide bonds. The minimum Gasteiger partial charge on any atom is -0.461 e. The Kier molecular flexibility index (Phi) is 5.77. The van der Waals surface area contributed by atoms with Gasteiger partial charge in [-0.2, -0.15) is 0 Å². The van der Waals surface area contributed by atoms with Crippen LogP contribution in [0.25, 0.3) is 0 Å². The highest BCUT2D eigenvalue weighted by molar-refractivity contribution is 5.98. The van der Waals surface area contributed by atoms with Crippen molar-refractivity contribution in [3.63, 3.8) is 0 Å². The van der Waals surface area contributed by atoms with E-state index >= 15 is 0 Å². The van der Waals surface area contributed by atoms with Crippen molar-refractivity contribution in [2.75, 3.05) is 13.2 Å². The Bertz CT molecular complexity index is 1850. The number of ether oxygens (including phenoxy) is 4. The van der Waals surface area contributed by atoms with E-state index in [1.54, 1.807) is 26.8 Å². The molecule has 0 bridgehead atoms. The quantitative estimate of drug-likeness (QED) is 0.188. The maximum absolute atomic E-state index is 14.2. The first kappa shape index (κ1) is 31.6. The van der Waals surface area contributed by atoms with Crippen molar-refractivity contribution in [3.05, 3.63) is 45.1 Å². The van der Waals surface area contributed by atoms with Crippen molar-refractivity contribution in [2.45, 2.75) is 95.9 Å². The van der Waals surface area contributed by atoms with Gasteiger partial charge in [0.05, 0.1) is 11.2 Å². The normalized spacial score (nSPS) is 50.8. The lowest BCUT2D eigenvalue weighted by Gasteiger charge is -2.64. The van der Waals surface area contributed by atoms with Crippen molar-refractivity contribution >= 4 is 23.9 Å². The SMILES string of the molecule is CC=C(C)C(=O)OC[C@]1(O)[C@H]2C[C@H]2[C@]2(C)[C@@H]3C[C@@]4(O)C5=C(C6=C(C)C(=O)O[C@]6(O)[C@H](O)[C@@]5(C)[C@@H]5C[C@@H]54)[C@@]34OC(=O)C(COC(C)=O)=C4C[C@@H]12. The molecular formula is C37H42O12. The number of hydrogen-bond donors (Lipinski definition) is 4. The second-order valence-corrected chi connectivity index (χ2v) is 16.6. The summed E-state index contributed by atoms with van der Waals surface area (Å²) in [6.45, 7) is 9.25. The van der Waals surface area contributed by atoms with Crippen molar-refractivity contribution < 1.29 is 58.6 Å². The molecule has 9 aliphatic rings. The molecule has 1 spiro atoms. The number of fused-ring (bicyclic) bond motifs is 9. The number of allylic oxidation sites excluding steroid dienone is 1. The minimum atomic E-state index is -2.46. The van der Waals surface area contributed by atoms with Gasteiger partial charge in [-0.3, -0.25) is 4.79 Å². The Morgan fingerprint density at radius 2 is 1.63 bits per heavy atom. The maximum atomic E-state index is 14.2. The molecule has 5 saturated carbocycles. The Morgan fingerprint density at radius 1 is 0.939 bits per heavy atom. The largest absolute Gasteiger partial charge is 0.461 e. The second kappa shape index (κ2) is 8.93. The predicted octanol–water partition coefficient (Wildman–Crippen LogP) is 1.70. The van der Waals surface area contributed by atoms with Gasteiger partial charge in [0, 0.05) is 46.5 Å². The van der Waals surface area contributed by atoms with Crippen molar-refractivity contribution in [1.29, 1.82) is 0 Å². The molecular weight excluding hydrogens is 636 g/mol. The summed E-state index contributed by atoms with van der Waals surface area (Å²) >= 11 is 0. The zero-order chi connectivity index (χ0) is 35.2. The zero-order valence-corrected chi connectivity index (χ0v) is 28.4. The van der Waals surface area contributed by atoms with Gasteiger partial charge in [0.1, 0.15) is 24.9 Å². The molecule has 2 aliphatic heterocycles. The van der Waals surface area contributed by atoms with Gasteiger partial charge in [-0.1, -0.05) is 19.9 Å². The summed E-state index contributed by atoms with van der Waals surface area (Å²) in [5.41, 5.74) is -4.87. The van der Waals surface area contributed by atoms with Gasteiger partial charge in [-0.15, -0.1) is 0 Å². The van der Waals surface area contributed by atoms with Crippen molar-refractivity contribution in [1.82, 2.24) is 0 Å². The molecule has 7 aliphatic carbocycles. The Labute approximate surface area is 282 Å². The predicted molar refractivity (Wildman–Crippen MR) is 165 cm³/mol. The zero-order valence-electron chi connectivity index (χ0n) is 28.4. The van der Waals surface area contributed by atoms with E-state index in [1.165, 1.54) is 13.8 Å². The van der Waals surface area contributed by atoms with Crippen molar-refractivity contribution in [2.24, 2.45) is 46.3 Å². The molecule has 13 atom stereocenters. The smallest absolute Gasteiger partial charge is 0.338 e. The third-order valence-corrected chi connectivity index (χ3v) is 14.9. The average molecular weight is 679 g/mol. The van der Waals surface area contributed by atoms with Gasteiger partial charge in [-0.25, -0.2) is 14.4 Å². The van der Waals surface area contributed by atoms with Crippen LogP contribution in [-0.4, -0.2) is 86.2 Å². The van der Waals surface area contributed by atoms with Crippen LogP contribution in [0.2, 0.25) is 0 Å². The van der Waals surface area contributed by atoms with Crippen LogP contribution in [0.3, 0.4) is 0 Å². The molecule has 0 aromatic rings. The van der Waals surface area contributed by atoms with Crippen LogP contribution in [-0.2, 0) is 38.1 Å². The van der Waals surface area contributed by atoms with E-state index < -0.39 is 81.8 Å². The third-order valence-electron chi connectivity index (χ3n) is 14.9. The first-order valence-corrected chi connectivity index (χ1v) is 17.3. The summed E-state index contributed by atoms with van der Waals surface area (Å²) in [7, 11) is 0. The fourth-order valence-corrected chi connectivity index (χ4v) is 12.6.